The highest BCUT2D eigenvalue weighted by atomic mass is 32.2. The van der Waals surface area contributed by atoms with Crippen LogP contribution in [-0.4, -0.2) is 40.1 Å². The zero-order chi connectivity index (χ0) is 18.3. The molecule has 0 amide bonds. The Morgan fingerprint density at radius 1 is 1.31 bits per heavy atom. The van der Waals surface area contributed by atoms with Crippen LogP contribution < -0.4 is 5.56 Å². The van der Waals surface area contributed by atoms with Crippen LogP contribution in [0.1, 0.15) is 53.6 Å². The zero-order valence-corrected chi connectivity index (χ0v) is 16.4. The molecule has 4 rings (SSSR count). The number of fused-ring (bicyclic) bond motifs is 1. The molecule has 2 aliphatic rings. The number of thiazole rings is 1. The van der Waals surface area contributed by atoms with Crippen LogP contribution in [0.3, 0.4) is 0 Å². The molecule has 0 radical (unpaired) electrons. The maximum Gasteiger partial charge on any atom is 0.257 e. The monoisotopic (exact) mass is 394 g/mol. The predicted octanol–water partition coefficient (Wildman–Crippen LogP) is 1.72. The minimum absolute atomic E-state index is 0.0847. The molecule has 0 aromatic carbocycles. The molecule has 7 nitrogen and oxygen atoms in total. The molecule has 0 saturated heterocycles. The number of hydrogen-bond acceptors (Lipinski definition) is 6. The molecule has 0 bridgehead atoms. The molecular formula is C17H22N4O3S2. The fraction of sp³-hybridized carbons (Fsp3) is 0.588. The first kappa shape index (κ1) is 17.8. The lowest BCUT2D eigenvalue weighted by molar-refractivity contribution is 0.384. The molecule has 3 heterocycles. The van der Waals surface area contributed by atoms with Crippen LogP contribution in [0.25, 0.3) is 0 Å². The van der Waals surface area contributed by atoms with Gasteiger partial charge in [-0.1, -0.05) is 12.8 Å². The van der Waals surface area contributed by atoms with Gasteiger partial charge in [0.1, 0.15) is 0 Å². The van der Waals surface area contributed by atoms with Crippen LogP contribution in [0.5, 0.6) is 0 Å². The summed E-state index contributed by atoms with van der Waals surface area (Å²) in [5.41, 5.74) is 2.00. The molecular weight excluding hydrogens is 372 g/mol. The lowest BCUT2D eigenvalue weighted by Crippen LogP contribution is -2.39. The third kappa shape index (κ3) is 3.47. The van der Waals surface area contributed by atoms with E-state index in [9.17, 15) is 13.2 Å². The van der Waals surface area contributed by atoms with E-state index >= 15 is 0 Å². The van der Waals surface area contributed by atoms with Crippen LogP contribution in [-0.2, 0) is 29.5 Å². The van der Waals surface area contributed by atoms with Gasteiger partial charge in [-0.25, -0.2) is 18.4 Å². The van der Waals surface area contributed by atoms with Crippen LogP contribution in [0.4, 0.5) is 0 Å². The normalized spacial score (nSPS) is 19.0. The minimum Gasteiger partial charge on any atom is -0.293 e. The smallest absolute Gasteiger partial charge is 0.257 e. The third-order valence-electron chi connectivity index (χ3n) is 5.23. The number of aromatic nitrogens is 3. The lowest BCUT2D eigenvalue weighted by atomic mass is 10.1. The van der Waals surface area contributed by atoms with Gasteiger partial charge in [0.15, 0.2) is 0 Å². The molecule has 26 heavy (non-hydrogen) atoms. The summed E-state index contributed by atoms with van der Waals surface area (Å²) in [6.45, 7) is 0.917. The topological polar surface area (TPSA) is 85.2 Å². The molecule has 1 saturated carbocycles. The fourth-order valence-electron chi connectivity index (χ4n) is 3.76. The van der Waals surface area contributed by atoms with Gasteiger partial charge < -0.3 is 0 Å². The third-order valence-corrected chi connectivity index (χ3v) is 7.54. The standard InChI is InChI=1S/C17H22N4O3S2/c1-26(23,24)21-7-6-14-15(9-21)18-11-20(17(14)22)8-13-10-25-16(19-13)12-4-2-3-5-12/h10-12H,2-9H2,1H3. The largest absolute Gasteiger partial charge is 0.293 e. The van der Waals surface area contributed by atoms with Gasteiger partial charge in [0.2, 0.25) is 10.0 Å². The maximum absolute atomic E-state index is 12.8. The molecule has 0 N–H and O–H groups in total. The van der Waals surface area contributed by atoms with E-state index in [-0.39, 0.29) is 12.1 Å². The van der Waals surface area contributed by atoms with Crippen LogP contribution in [0.15, 0.2) is 16.5 Å². The van der Waals surface area contributed by atoms with Crippen molar-refractivity contribution in [3.05, 3.63) is 44.0 Å². The van der Waals surface area contributed by atoms with E-state index in [1.807, 2.05) is 5.38 Å². The summed E-state index contributed by atoms with van der Waals surface area (Å²) >= 11 is 1.68. The van der Waals surface area contributed by atoms with E-state index < -0.39 is 10.0 Å². The van der Waals surface area contributed by atoms with E-state index in [4.69, 9.17) is 4.98 Å². The summed E-state index contributed by atoms with van der Waals surface area (Å²) in [4.78, 5) is 21.9. The van der Waals surface area contributed by atoms with Crippen LogP contribution in [0.2, 0.25) is 0 Å². The van der Waals surface area contributed by atoms with Gasteiger partial charge in [0, 0.05) is 23.4 Å². The van der Waals surface area contributed by atoms with Crippen molar-refractivity contribution in [2.24, 2.45) is 0 Å². The Labute approximate surface area is 156 Å². The second-order valence-electron chi connectivity index (χ2n) is 7.11. The summed E-state index contributed by atoms with van der Waals surface area (Å²) < 4.78 is 26.4. The van der Waals surface area contributed by atoms with Gasteiger partial charge >= 0.3 is 0 Å². The van der Waals surface area contributed by atoms with Crippen molar-refractivity contribution in [1.82, 2.24) is 18.8 Å². The molecule has 1 aliphatic carbocycles. The first-order valence-electron chi connectivity index (χ1n) is 8.88. The quantitative estimate of drug-likeness (QED) is 0.788. The van der Waals surface area contributed by atoms with Gasteiger partial charge in [0.05, 0.1) is 42.1 Å². The SMILES string of the molecule is CS(=O)(=O)N1CCc2c(ncn(Cc3csc(C4CCCC4)n3)c2=O)C1. The van der Waals surface area contributed by atoms with Gasteiger partial charge in [-0.3, -0.25) is 9.36 Å². The summed E-state index contributed by atoms with van der Waals surface area (Å²) in [6.07, 6.45) is 8.08. The molecule has 0 atom stereocenters. The number of rotatable bonds is 4. The predicted molar refractivity (Wildman–Crippen MR) is 99.9 cm³/mol. The Hall–Kier alpha value is -1.58. The Balaban J connectivity index is 1.55. The molecule has 9 heteroatoms. The summed E-state index contributed by atoms with van der Waals surface area (Å²) in [5, 5.41) is 3.21. The van der Waals surface area contributed by atoms with Crippen LogP contribution >= 0.6 is 11.3 Å². The van der Waals surface area contributed by atoms with E-state index in [1.165, 1.54) is 47.6 Å². The second-order valence-corrected chi connectivity index (χ2v) is 9.98. The van der Waals surface area contributed by atoms with E-state index in [2.05, 4.69) is 4.98 Å². The molecule has 0 unspecified atom stereocenters. The number of sulfonamides is 1. The number of hydrogen-bond donors (Lipinski definition) is 0. The van der Waals surface area contributed by atoms with Crippen LogP contribution in [0, 0.1) is 0 Å². The molecule has 1 aliphatic heterocycles. The van der Waals surface area contributed by atoms with Crippen molar-refractivity contribution in [2.75, 3.05) is 12.8 Å². The first-order valence-corrected chi connectivity index (χ1v) is 11.6. The Morgan fingerprint density at radius 2 is 2.08 bits per heavy atom. The van der Waals surface area contributed by atoms with Gasteiger partial charge in [0.25, 0.3) is 5.56 Å². The summed E-state index contributed by atoms with van der Waals surface area (Å²) in [7, 11) is -3.27. The Kier molecular flexibility index (Phi) is 4.70. The van der Waals surface area contributed by atoms with E-state index in [0.717, 1.165) is 5.69 Å². The van der Waals surface area contributed by atoms with Gasteiger partial charge in [-0.15, -0.1) is 11.3 Å². The molecule has 0 spiro atoms. The van der Waals surface area contributed by atoms with Gasteiger partial charge in [-0.05, 0) is 19.3 Å². The van der Waals surface area contributed by atoms with Crippen molar-refractivity contribution in [2.45, 2.75) is 51.1 Å². The van der Waals surface area contributed by atoms with Crippen molar-refractivity contribution < 1.29 is 8.42 Å². The van der Waals surface area contributed by atoms with Crippen molar-refractivity contribution in [1.29, 1.82) is 0 Å². The van der Waals surface area contributed by atoms with Crippen molar-refractivity contribution in [3.8, 4) is 0 Å². The average molecular weight is 395 g/mol. The maximum atomic E-state index is 12.8. The minimum atomic E-state index is -3.27. The Bertz CT molecular complexity index is 974. The average Bonchev–Trinajstić information content (AvgIpc) is 3.27. The van der Waals surface area contributed by atoms with E-state index in [0.29, 0.717) is 36.7 Å². The summed E-state index contributed by atoms with van der Waals surface area (Å²) in [5.74, 6) is 0.578. The highest BCUT2D eigenvalue weighted by molar-refractivity contribution is 7.88. The zero-order valence-electron chi connectivity index (χ0n) is 14.7. The van der Waals surface area contributed by atoms with E-state index in [1.54, 1.807) is 15.9 Å². The molecule has 2 aromatic heterocycles. The molecule has 140 valence electrons. The Morgan fingerprint density at radius 3 is 2.81 bits per heavy atom. The molecule has 1 fully saturated rings. The number of nitrogens with zero attached hydrogens (tertiary/aromatic N) is 4. The highest BCUT2D eigenvalue weighted by Gasteiger charge is 2.26. The summed E-state index contributed by atoms with van der Waals surface area (Å²) in [6, 6.07) is 0. The van der Waals surface area contributed by atoms with Crippen molar-refractivity contribution in [3.63, 3.8) is 0 Å². The lowest BCUT2D eigenvalue weighted by Gasteiger charge is -2.25. The fourth-order valence-corrected chi connectivity index (χ4v) is 5.52. The van der Waals surface area contributed by atoms with Crippen molar-refractivity contribution >= 4 is 21.4 Å². The first-order chi connectivity index (χ1) is 12.4. The molecule has 2 aromatic rings. The highest BCUT2D eigenvalue weighted by Crippen LogP contribution is 2.35. The van der Waals surface area contributed by atoms with Gasteiger partial charge in [-0.2, -0.15) is 4.31 Å². The second kappa shape index (κ2) is 6.86.